The first-order valence-electron chi connectivity index (χ1n) is 6.46. The van der Waals surface area contributed by atoms with Crippen LogP contribution in [-0.4, -0.2) is 19.1 Å². The van der Waals surface area contributed by atoms with Gasteiger partial charge in [-0.1, -0.05) is 18.5 Å². The molecule has 0 saturated carbocycles. The largest absolute Gasteiger partial charge is 0.381 e. The van der Waals surface area contributed by atoms with E-state index in [4.69, 9.17) is 11.6 Å². The SMILES string of the molecule is Cc1c(Cl)ccc2c1N1CCC(C)CC1CN2. The van der Waals surface area contributed by atoms with Crippen molar-refractivity contribution in [3.8, 4) is 0 Å². The molecule has 0 bridgehead atoms. The third-order valence-electron chi connectivity index (χ3n) is 4.16. The highest BCUT2D eigenvalue weighted by molar-refractivity contribution is 6.32. The van der Waals surface area contributed by atoms with Gasteiger partial charge in [0.05, 0.1) is 11.4 Å². The zero-order valence-corrected chi connectivity index (χ0v) is 11.2. The summed E-state index contributed by atoms with van der Waals surface area (Å²) in [5.74, 6) is 0.846. The summed E-state index contributed by atoms with van der Waals surface area (Å²) in [6.07, 6.45) is 2.58. The smallest absolute Gasteiger partial charge is 0.0649 e. The lowest BCUT2D eigenvalue weighted by Crippen LogP contribution is -2.49. The Hall–Kier alpha value is -0.890. The van der Waals surface area contributed by atoms with Gasteiger partial charge in [-0.05, 0) is 43.4 Å². The number of nitrogens with one attached hydrogen (secondary N) is 1. The molecule has 2 aliphatic rings. The molecule has 2 unspecified atom stereocenters. The van der Waals surface area contributed by atoms with Gasteiger partial charge in [-0.25, -0.2) is 0 Å². The fraction of sp³-hybridized carbons (Fsp3) is 0.571. The lowest BCUT2D eigenvalue weighted by Gasteiger charge is -2.45. The van der Waals surface area contributed by atoms with Crippen LogP contribution < -0.4 is 10.2 Å². The molecular weight excluding hydrogens is 232 g/mol. The van der Waals surface area contributed by atoms with Gasteiger partial charge in [0, 0.05) is 24.2 Å². The molecule has 0 aliphatic carbocycles. The molecule has 2 heterocycles. The Morgan fingerprint density at radius 2 is 2.24 bits per heavy atom. The van der Waals surface area contributed by atoms with Crippen molar-refractivity contribution >= 4 is 23.0 Å². The van der Waals surface area contributed by atoms with Gasteiger partial charge in [0.15, 0.2) is 0 Å². The van der Waals surface area contributed by atoms with E-state index < -0.39 is 0 Å². The van der Waals surface area contributed by atoms with Crippen molar-refractivity contribution in [1.29, 1.82) is 0 Å². The van der Waals surface area contributed by atoms with E-state index in [1.54, 1.807) is 0 Å². The maximum atomic E-state index is 6.25. The highest BCUT2D eigenvalue weighted by Crippen LogP contribution is 2.41. The Morgan fingerprint density at radius 1 is 1.41 bits per heavy atom. The average molecular weight is 251 g/mol. The molecule has 3 heteroatoms. The van der Waals surface area contributed by atoms with E-state index in [9.17, 15) is 0 Å². The fourth-order valence-electron chi connectivity index (χ4n) is 3.16. The van der Waals surface area contributed by atoms with Crippen LogP contribution in [0, 0.1) is 12.8 Å². The topological polar surface area (TPSA) is 15.3 Å². The van der Waals surface area contributed by atoms with E-state index in [2.05, 4.69) is 30.1 Å². The molecule has 0 radical (unpaired) electrons. The van der Waals surface area contributed by atoms with Crippen molar-refractivity contribution in [2.45, 2.75) is 32.7 Å². The van der Waals surface area contributed by atoms with Crippen LogP contribution in [0.15, 0.2) is 12.1 Å². The monoisotopic (exact) mass is 250 g/mol. The summed E-state index contributed by atoms with van der Waals surface area (Å²) in [7, 11) is 0. The van der Waals surface area contributed by atoms with Crippen molar-refractivity contribution in [3.05, 3.63) is 22.7 Å². The van der Waals surface area contributed by atoms with Gasteiger partial charge in [0.2, 0.25) is 0 Å². The molecule has 2 aliphatic heterocycles. The number of benzene rings is 1. The molecule has 17 heavy (non-hydrogen) atoms. The van der Waals surface area contributed by atoms with Crippen LogP contribution in [0.25, 0.3) is 0 Å². The molecule has 2 nitrogen and oxygen atoms in total. The molecule has 1 N–H and O–H groups in total. The first-order chi connectivity index (χ1) is 8.16. The van der Waals surface area contributed by atoms with Crippen molar-refractivity contribution in [2.24, 2.45) is 5.92 Å². The summed E-state index contributed by atoms with van der Waals surface area (Å²) in [5, 5.41) is 4.43. The maximum absolute atomic E-state index is 6.25. The van der Waals surface area contributed by atoms with Crippen molar-refractivity contribution < 1.29 is 0 Å². The molecule has 1 fully saturated rings. The molecule has 0 amide bonds. The number of hydrogen-bond acceptors (Lipinski definition) is 2. The fourth-order valence-corrected chi connectivity index (χ4v) is 3.31. The van der Waals surface area contributed by atoms with Crippen LogP contribution in [0.3, 0.4) is 0 Å². The predicted molar refractivity (Wildman–Crippen MR) is 74.2 cm³/mol. The van der Waals surface area contributed by atoms with E-state index in [0.717, 1.165) is 17.5 Å². The van der Waals surface area contributed by atoms with Crippen molar-refractivity contribution in [3.63, 3.8) is 0 Å². The number of piperidine rings is 1. The summed E-state index contributed by atoms with van der Waals surface area (Å²) in [6, 6.07) is 4.75. The second-order valence-electron chi connectivity index (χ2n) is 5.43. The number of rotatable bonds is 0. The predicted octanol–water partition coefficient (Wildman–Crippen LogP) is 3.68. The Balaban J connectivity index is 2.03. The van der Waals surface area contributed by atoms with E-state index in [1.165, 1.54) is 36.3 Å². The van der Waals surface area contributed by atoms with Gasteiger partial charge in [-0.3, -0.25) is 0 Å². The van der Waals surface area contributed by atoms with E-state index >= 15 is 0 Å². The Labute approximate surface area is 108 Å². The summed E-state index contributed by atoms with van der Waals surface area (Å²) < 4.78 is 0. The highest BCUT2D eigenvalue weighted by Gasteiger charge is 2.32. The molecule has 1 saturated heterocycles. The van der Waals surface area contributed by atoms with Crippen LogP contribution in [0.4, 0.5) is 11.4 Å². The summed E-state index contributed by atoms with van der Waals surface area (Å²) in [6.45, 7) is 6.72. The van der Waals surface area contributed by atoms with Crippen LogP contribution in [0.1, 0.15) is 25.3 Å². The van der Waals surface area contributed by atoms with Gasteiger partial charge in [-0.2, -0.15) is 0 Å². The summed E-state index contributed by atoms with van der Waals surface area (Å²) in [5.41, 5.74) is 3.80. The standard InChI is InChI=1S/C14H19ClN2/c1-9-5-6-17-11(7-9)8-16-13-4-3-12(15)10(2)14(13)17/h3-4,9,11,16H,5-8H2,1-2H3. The third kappa shape index (κ3) is 1.79. The number of halogens is 1. The van der Waals surface area contributed by atoms with Crippen molar-refractivity contribution in [1.82, 2.24) is 0 Å². The second kappa shape index (κ2) is 4.09. The summed E-state index contributed by atoms with van der Waals surface area (Å²) >= 11 is 6.25. The van der Waals surface area contributed by atoms with E-state index in [-0.39, 0.29) is 0 Å². The molecule has 1 aromatic carbocycles. The lowest BCUT2D eigenvalue weighted by atomic mass is 9.89. The second-order valence-corrected chi connectivity index (χ2v) is 5.83. The van der Waals surface area contributed by atoms with E-state index in [0.29, 0.717) is 6.04 Å². The minimum atomic E-state index is 0.642. The molecule has 92 valence electrons. The van der Waals surface area contributed by atoms with Crippen molar-refractivity contribution in [2.75, 3.05) is 23.3 Å². The van der Waals surface area contributed by atoms with Gasteiger partial charge < -0.3 is 10.2 Å². The Morgan fingerprint density at radius 3 is 3.06 bits per heavy atom. The molecular formula is C14H19ClN2. The van der Waals surface area contributed by atoms with Gasteiger partial charge in [0.1, 0.15) is 0 Å². The minimum Gasteiger partial charge on any atom is -0.381 e. The zero-order chi connectivity index (χ0) is 12.0. The Bertz CT molecular complexity index is 444. The van der Waals surface area contributed by atoms with Crippen LogP contribution >= 0.6 is 11.6 Å². The number of nitrogens with zero attached hydrogens (tertiary/aromatic N) is 1. The zero-order valence-electron chi connectivity index (χ0n) is 10.5. The van der Waals surface area contributed by atoms with E-state index in [1.807, 2.05) is 6.07 Å². The summed E-state index contributed by atoms with van der Waals surface area (Å²) in [4.78, 5) is 2.56. The molecule has 3 rings (SSSR count). The van der Waals surface area contributed by atoms with Gasteiger partial charge in [-0.15, -0.1) is 0 Å². The molecule has 2 atom stereocenters. The molecule has 1 aromatic rings. The van der Waals surface area contributed by atoms with Crippen LogP contribution in [0.5, 0.6) is 0 Å². The average Bonchev–Trinajstić information content (AvgIpc) is 2.33. The Kier molecular flexibility index (Phi) is 2.70. The first kappa shape index (κ1) is 11.2. The molecule has 0 spiro atoms. The number of anilines is 2. The number of hydrogen-bond donors (Lipinski definition) is 1. The third-order valence-corrected chi connectivity index (χ3v) is 4.57. The molecule has 0 aromatic heterocycles. The quantitative estimate of drug-likeness (QED) is 0.756. The first-order valence-corrected chi connectivity index (χ1v) is 6.84. The van der Waals surface area contributed by atoms with Gasteiger partial charge >= 0.3 is 0 Å². The number of fused-ring (bicyclic) bond motifs is 3. The normalized spacial score (nSPS) is 27.1. The highest BCUT2D eigenvalue weighted by atomic mass is 35.5. The van der Waals surface area contributed by atoms with Gasteiger partial charge in [0.25, 0.3) is 0 Å². The van der Waals surface area contributed by atoms with Crippen LogP contribution in [-0.2, 0) is 0 Å². The minimum absolute atomic E-state index is 0.642. The lowest BCUT2D eigenvalue weighted by molar-refractivity contribution is 0.367. The van der Waals surface area contributed by atoms with Crippen LogP contribution in [0.2, 0.25) is 5.02 Å². The maximum Gasteiger partial charge on any atom is 0.0649 e.